The van der Waals surface area contributed by atoms with Gasteiger partial charge in [0.25, 0.3) is 0 Å². The Labute approximate surface area is 175 Å². The summed E-state index contributed by atoms with van der Waals surface area (Å²) in [5.41, 5.74) is 2.89. The second kappa shape index (κ2) is 10.6. The zero-order chi connectivity index (χ0) is 20.5. The van der Waals surface area contributed by atoms with E-state index >= 15 is 0 Å². The highest BCUT2D eigenvalue weighted by atomic mass is 16.5. The Morgan fingerprint density at radius 3 is 2.69 bits per heavy atom. The van der Waals surface area contributed by atoms with E-state index in [-0.39, 0.29) is 17.9 Å². The molecule has 0 aromatic heterocycles. The van der Waals surface area contributed by atoms with Gasteiger partial charge in [0.2, 0.25) is 5.91 Å². The maximum absolute atomic E-state index is 12.7. The van der Waals surface area contributed by atoms with E-state index in [0.29, 0.717) is 6.54 Å². The van der Waals surface area contributed by atoms with Crippen LogP contribution in [0.3, 0.4) is 0 Å². The molecule has 29 heavy (non-hydrogen) atoms. The first kappa shape index (κ1) is 21.6. The number of benzene rings is 1. The van der Waals surface area contributed by atoms with Crippen molar-refractivity contribution in [2.75, 3.05) is 39.9 Å². The van der Waals surface area contributed by atoms with Crippen molar-refractivity contribution in [3.05, 3.63) is 35.4 Å². The van der Waals surface area contributed by atoms with Crippen LogP contribution < -0.4 is 10.6 Å². The van der Waals surface area contributed by atoms with Crippen LogP contribution in [0.2, 0.25) is 0 Å². The number of carbonyl (C=O) groups excluding carboxylic acids is 1. The van der Waals surface area contributed by atoms with Gasteiger partial charge in [0.15, 0.2) is 5.96 Å². The molecule has 2 aliphatic rings. The van der Waals surface area contributed by atoms with Crippen LogP contribution in [0.4, 0.5) is 0 Å². The molecule has 1 aromatic carbocycles. The number of nitrogens with one attached hydrogen (secondary N) is 2. The number of rotatable bonds is 8. The van der Waals surface area contributed by atoms with Crippen molar-refractivity contribution >= 4 is 11.9 Å². The summed E-state index contributed by atoms with van der Waals surface area (Å²) in [7, 11) is 1.77. The molecule has 0 saturated heterocycles. The van der Waals surface area contributed by atoms with Crippen LogP contribution in [-0.2, 0) is 22.5 Å². The Hall–Kier alpha value is -2.08. The smallest absolute Gasteiger partial charge is 0.244 e. The van der Waals surface area contributed by atoms with Crippen LogP contribution in [0.25, 0.3) is 0 Å². The highest BCUT2D eigenvalue weighted by Crippen LogP contribution is 2.40. The average molecular weight is 401 g/mol. The molecule has 0 radical (unpaired) electrons. The number of carbonyl (C=O) groups is 1. The molecular formula is C23H36N4O2. The van der Waals surface area contributed by atoms with Crippen LogP contribution in [-0.4, -0.2) is 56.7 Å². The highest BCUT2D eigenvalue weighted by Gasteiger charge is 2.33. The van der Waals surface area contributed by atoms with Crippen molar-refractivity contribution in [2.45, 2.75) is 52.0 Å². The topological polar surface area (TPSA) is 66.0 Å². The molecule has 160 valence electrons. The number of hydrogen-bond acceptors (Lipinski definition) is 3. The number of amides is 1. The fourth-order valence-electron chi connectivity index (χ4n) is 4.53. The maximum atomic E-state index is 12.7. The molecule has 6 heteroatoms. The molecule has 1 aromatic rings. The Morgan fingerprint density at radius 1 is 1.21 bits per heavy atom. The van der Waals surface area contributed by atoms with Gasteiger partial charge < -0.3 is 20.3 Å². The SMILES string of the molecule is CCNC(=NCC(=O)N1CCc2ccccc2C1)NCC1(CCOC)CCCC1. The highest BCUT2D eigenvalue weighted by molar-refractivity contribution is 5.85. The van der Waals surface area contributed by atoms with Gasteiger partial charge >= 0.3 is 0 Å². The monoisotopic (exact) mass is 400 g/mol. The van der Waals surface area contributed by atoms with Gasteiger partial charge in [-0.15, -0.1) is 0 Å². The van der Waals surface area contributed by atoms with E-state index in [1.54, 1.807) is 7.11 Å². The minimum Gasteiger partial charge on any atom is -0.385 e. The fourth-order valence-corrected chi connectivity index (χ4v) is 4.53. The summed E-state index contributed by atoms with van der Waals surface area (Å²) in [5.74, 6) is 0.827. The zero-order valence-corrected chi connectivity index (χ0v) is 18.0. The van der Waals surface area contributed by atoms with Crippen LogP contribution in [0.5, 0.6) is 0 Å². The van der Waals surface area contributed by atoms with E-state index in [0.717, 1.165) is 45.0 Å². The van der Waals surface area contributed by atoms with Gasteiger partial charge in [0.1, 0.15) is 6.54 Å². The summed E-state index contributed by atoms with van der Waals surface area (Å²) in [6, 6.07) is 8.38. The fraction of sp³-hybridized carbons (Fsp3) is 0.652. The molecule has 1 amide bonds. The molecule has 6 nitrogen and oxygen atoms in total. The quantitative estimate of drug-likeness (QED) is 0.520. The molecule has 1 fully saturated rings. The molecule has 2 N–H and O–H groups in total. The van der Waals surface area contributed by atoms with Gasteiger partial charge in [0.05, 0.1) is 0 Å². The summed E-state index contributed by atoms with van der Waals surface area (Å²) < 4.78 is 5.33. The van der Waals surface area contributed by atoms with Crippen molar-refractivity contribution in [3.63, 3.8) is 0 Å². The van der Waals surface area contributed by atoms with Crippen LogP contribution in [0, 0.1) is 5.41 Å². The number of aliphatic imine (C=N–C) groups is 1. The molecule has 0 bridgehead atoms. The second-order valence-electron chi connectivity index (χ2n) is 8.33. The Kier molecular flexibility index (Phi) is 7.92. The summed E-state index contributed by atoms with van der Waals surface area (Å²) in [6.45, 7) is 6.16. The van der Waals surface area contributed by atoms with Gasteiger partial charge in [-0.2, -0.15) is 0 Å². The van der Waals surface area contributed by atoms with Crippen molar-refractivity contribution < 1.29 is 9.53 Å². The molecule has 1 heterocycles. The number of methoxy groups -OCH3 is 1. The van der Waals surface area contributed by atoms with Gasteiger partial charge in [-0.05, 0) is 49.1 Å². The van der Waals surface area contributed by atoms with Crippen molar-refractivity contribution in [2.24, 2.45) is 10.4 Å². The first-order valence-electron chi connectivity index (χ1n) is 11.0. The lowest BCUT2D eigenvalue weighted by Crippen LogP contribution is -2.44. The van der Waals surface area contributed by atoms with Crippen LogP contribution in [0.15, 0.2) is 29.3 Å². The number of nitrogens with zero attached hydrogens (tertiary/aromatic N) is 2. The molecule has 0 unspecified atom stereocenters. The zero-order valence-electron chi connectivity index (χ0n) is 18.0. The first-order chi connectivity index (χ1) is 14.2. The lowest BCUT2D eigenvalue weighted by Gasteiger charge is -2.30. The Bertz CT molecular complexity index is 698. The van der Waals surface area contributed by atoms with E-state index in [1.807, 2.05) is 11.0 Å². The lowest BCUT2D eigenvalue weighted by molar-refractivity contribution is -0.130. The standard InChI is InChI=1S/C23H36N4O2/c1-3-24-22(26-18-23(13-15-29-2)11-6-7-12-23)25-16-21(28)27-14-10-19-8-4-5-9-20(19)17-27/h4-5,8-9H,3,6-7,10-18H2,1-2H3,(H2,24,25,26). The van der Waals surface area contributed by atoms with E-state index in [1.165, 1.54) is 36.8 Å². The van der Waals surface area contributed by atoms with Gasteiger partial charge in [0, 0.05) is 39.9 Å². The van der Waals surface area contributed by atoms with E-state index in [2.05, 4.69) is 40.7 Å². The predicted molar refractivity (Wildman–Crippen MR) is 117 cm³/mol. The summed E-state index contributed by atoms with van der Waals surface area (Å²) in [5, 5.41) is 6.79. The second-order valence-corrected chi connectivity index (χ2v) is 8.33. The third-order valence-corrected chi connectivity index (χ3v) is 6.33. The van der Waals surface area contributed by atoms with Crippen LogP contribution in [0.1, 0.15) is 50.2 Å². The molecule has 1 aliphatic carbocycles. The lowest BCUT2D eigenvalue weighted by atomic mass is 9.83. The predicted octanol–water partition coefficient (Wildman–Crippen LogP) is 2.72. The van der Waals surface area contributed by atoms with E-state index in [9.17, 15) is 4.79 Å². The van der Waals surface area contributed by atoms with Crippen molar-refractivity contribution in [1.29, 1.82) is 0 Å². The minimum absolute atomic E-state index is 0.0895. The maximum Gasteiger partial charge on any atom is 0.244 e. The van der Waals surface area contributed by atoms with Gasteiger partial charge in [-0.25, -0.2) is 4.99 Å². The largest absolute Gasteiger partial charge is 0.385 e. The molecule has 0 spiro atoms. The number of ether oxygens (including phenoxy) is 1. The van der Waals surface area contributed by atoms with E-state index in [4.69, 9.17) is 4.74 Å². The number of guanidine groups is 1. The Balaban J connectivity index is 1.55. The molecule has 3 rings (SSSR count). The molecule has 0 atom stereocenters. The summed E-state index contributed by atoms with van der Waals surface area (Å²) in [6.07, 6.45) is 7.03. The molecule has 1 aliphatic heterocycles. The summed E-state index contributed by atoms with van der Waals surface area (Å²) in [4.78, 5) is 19.2. The Morgan fingerprint density at radius 2 is 1.97 bits per heavy atom. The molecule has 1 saturated carbocycles. The van der Waals surface area contributed by atoms with Crippen molar-refractivity contribution in [1.82, 2.24) is 15.5 Å². The summed E-state index contributed by atoms with van der Waals surface area (Å²) >= 11 is 0. The van der Waals surface area contributed by atoms with Crippen molar-refractivity contribution in [3.8, 4) is 0 Å². The van der Waals surface area contributed by atoms with Gasteiger partial charge in [-0.3, -0.25) is 4.79 Å². The third-order valence-electron chi connectivity index (χ3n) is 6.33. The molecular weight excluding hydrogens is 364 g/mol. The normalized spacial score (nSPS) is 18.4. The van der Waals surface area contributed by atoms with Crippen LogP contribution >= 0.6 is 0 Å². The number of hydrogen-bond donors (Lipinski definition) is 2. The average Bonchev–Trinajstić information content (AvgIpc) is 3.23. The first-order valence-corrected chi connectivity index (χ1v) is 11.0. The minimum atomic E-state index is 0.0895. The van der Waals surface area contributed by atoms with E-state index < -0.39 is 0 Å². The number of fused-ring (bicyclic) bond motifs is 1. The third kappa shape index (κ3) is 5.95. The van der Waals surface area contributed by atoms with Gasteiger partial charge in [-0.1, -0.05) is 37.1 Å².